The summed E-state index contributed by atoms with van der Waals surface area (Å²) in [6.45, 7) is 3.71. The molecule has 0 aliphatic rings. The van der Waals surface area contributed by atoms with E-state index in [2.05, 4.69) is 6.58 Å². The van der Waals surface area contributed by atoms with Crippen LogP contribution in [0.2, 0.25) is 0 Å². The number of rotatable bonds is 8. The van der Waals surface area contributed by atoms with Crippen LogP contribution in [0.15, 0.2) is 24.8 Å². The molecule has 4 heteroatoms. The van der Waals surface area contributed by atoms with Gasteiger partial charge in [0.15, 0.2) is 11.5 Å². The van der Waals surface area contributed by atoms with Crippen molar-refractivity contribution in [2.75, 3.05) is 21.3 Å². The summed E-state index contributed by atoms with van der Waals surface area (Å²) in [5, 5.41) is 0. The molecular formula is C15H23NO3. The van der Waals surface area contributed by atoms with Crippen molar-refractivity contribution in [2.45, 2.75) is 25.3 Å². The molecule has 0 saturated carbocycles. The van der Waals surface area contributed by atoms with Crippen LogP contribution in [-0.4, -0.2) is 21.3 Å². The van der Waals surface area contributed by atoms with E-state index in [0.717, 1.165) is 24.8 Å². The average Bonchev–Trinajstić information content (AvgIpc) is 2.45. The molecule has 0 saturated heterocycles. The van der Waals surface area contributed by atoms with Crippen molar-refractivity contribution in [1.82, 2.24) is 0 Å². The Morgan fingerprint density at radius 1 is 1.16 bits per heavy atom. The summed E-state index contributed by atoms with van der Waals surface area (Å²) < 4.78 is 15.9. The van der Waals surface area contributed by atoms with Crippen molar-refractivity contribution >= 4 is 0 Å². The van der Waals surface area contributed by atoms with Crippen molar-refractivity contribution < 1.29 is 14.2 Å². The van der Waals surface area contributed by atoms with E-state index < -0.39 is 0 Å². The summed E-state index contributed by atoms with van der Waals surface area (Å²) in [6.07, 6.45) is 4.78. The third-order valence-corrected chi connectivity index (χ3v) is 3.04. The Labute approximate surface area is 115 Å². The topological polar surface area (TPSA) is 53.7 Å². The van der Waals surface area contributed by atoms with Crippen molar-refractivity contribution in [1.29, 1.82) is 0 Å². The highest BCUT2D eigenvalue weighted by Crippen LogP contribution is 2.39. The molecule has 2 N–H and O–H groups in total. The Morgan fingerprint density at radius 2 is 1.74 bits per heavy atom. The standard InChI is InChI=1S/C15H23NO3/c1-5-6-7-8-12(16)11-9-13(17-2)15(19-4)14(10-11)18-3/h5,9-10,12H,1,6-8,16H2,2-4H3. The van der Waals surface area contributed by atoms with Gasteiger partial charge < -0.3 is 19.9 Å². The number of allylic oxidation sites excluding steroid dienone is 1. The van der Waals surface area contributed by atoms with Gasteiger partial charge in [-0.25, -0.2) is 0 Å². The van der Waals surface area contributed by atoms with Gasteiger partial charge in [-0.2, -0.15) is 0 Å². The first-order valence-corrected chi connectivity index (χ1v) is 6.34. The van der Waals surface area contributed by atoms with Crippen LogP contribution in [0.1, 0.15) is 30.9 Å². The van der Waals surface area contributed by atoms with Crippen molar-refractivity contribution in [3.63, 3.8) is 0 Å². The molecule has 0 amide bonds. The van der Waals surface area contributed by atoms with Crippen molar-refractivity contribution in [3.8, 4) is 17.2 Å². The number of nitrogens with two attached hydrogens (primary N) is 1. The second kappa shape index (κ2) is 7.69. The Kier molecular flexibility index (Phi) is 6.22. The summed E-state index contributed by atoms with van der Waals surface area (Å²) in [5.74, 6) is 1.86. The lowest BCUT2D eigenvalue weighted by atomic mass is 10.0. The predicted octanol–water partition coefficient (Wildman–Crippen LogP) is 3.07. The van der Waals surface area contributed by atoms with E-state index in [4.69, 9.17) is 19.9 Å². The third kappa shape index (κ3) is 3.89. The third-order valence-electron chi connectivity index (χ3n) is 3.04. The normalized spacial score (nSPS) is 11.8. The van der Waals surface area contributed by atoms with Crippen LogP contribution in [0.5, 0.6) is 17.2 Å². The van der Waals surface area contributed by atoms with E-state index in [1.807, 2.05) is 18.2 Å². The molecule has 0 radical (unpaired) electrons. The van der Waals surface area contributed by atoms with Gasteiger partial charge in [0, 0.05) is 6.04 Å². The molecule has 0 fully saturated rings. The first-order valence-electron chi connectivity index (χ1n) is 6.34. The second-order valence-electron chi connectivity index (χ2n) is 4.28. The molecule has 19 heavy (non-hydrogen) atoms. The Morgan fingerprint density at radius 3 is 2.16 bits per heavy atom. The number of hydrogen-bond donors (Lipinski definition) is 1. The van der Waals surface area contributed by atoms with Gasteiger partial charge in [0.1, 0.15) is 0 Å². The molecule has 0 aromatic heterocycles. The van der Waals surface area contributed by atoms with Gasteiger partial charge in [0.2, 0.25) is 5.75 Å². The fourth-order valence-corrected chi connectivity index (χ4v) is 1.96. The molecule has 0 spiro atoms. The monoisotopic (exact) mass is 265 g/mol. The van der Waals surface area contributed by atoms with Gasteiger partial charge in [-0.15, -0.1) is 6.58 Å². The van der Waals surface area contributed by atoms with Crippen LogP contribution in [-0.2, 0) is 0 Å². The molecular weight excluding hydrogens is 242 g/mol. The smallest absolute Gasteiger partial charge is 0.203 e. The lowest BCUT2D eigenvalue weighted by Crippen LogP contribution is -2.11. The molecule has 0 aliphatic carbocycles. The molecule has 1 rings (SSSR count). The van der Waals surface area contributed by atoms with Crippen LogP contribution in [0.25, 0.3) is 0 Å². The molecule has 0 bridgehead atoms. The molecule has 4 nitrogen and oxygen atoms in total. The van der Waals surface area contributed by atoms with Crippen LogP contribution in [0.4, 0.5) is 0 Å². The van der Waals surface area contributed by atoms with Gasteiger partial charge >= 0.3 is 0 Å². The zero-order valence-electron chi connectivity index (χ0n) is 11.9. The predicted molar refractivity (Wildman–Crippen MR) is 77.1 cm³/mol. The quantitative estimate of drug-likeness (QED) is 0.579. The van der Waals surface area contributed by atoms with Crippen LogP contribution in [0.3, 0.4) is 0 Å². The molecule has 1 aromatic carbocycles. The maximum Gasteiger partial charge on any atom is 0.203 e. The summed E-state index contributed by atoms with van der Waals surface area (Å²) in [6, 6.07) is 3.76. The molecule has 1 aromatic rings. The summed E-state index contributed by atoms with van der Waals surface area (Å²) >= 11 is 0. The van der Waals surface area contributed by atoms with E-state index in [1.54, 1.807) is 21.3 Å². The fourth-order valence-electron chi connectivity index (χ4n) is 1.96. The SMILES string of the molecule is C=CCCCC(N)c1cc(OC)c(OC)c(OC)c1. The lowest BCUT2D eigenvalue weighted by Gasteiger charge is -2.17. The minimum Gasteiger partial charge on any atom is -0.493 e. The van der Waals surface area contributed by atoms with E-state index in [-0.39, 0.29) is 6.04 Å². The van der Waals surface area contributed by atoms with Gasteiger partial charge in [0.25, 0.3) is 0 Å². The minimum absolute atomic E-state index is 0.0475. The van der Waals surface area contributed by atoms with E-state index in [1.165, 1.54) is 0 Å². The number of methoxy groups -OCH3 is 3. The number of hydrogen-bond acceptors (Lipinski definition) is 4. The average molecular weight is 265 g/mol. The molecule has 0 aliphatic heterocycles. The number of unbranched alkanes of at least 4 members (excludes halogenated alkanes) is 1. The van der Waals surface area contributed by atoms with Gasteiger partial charge in [-0.05, 0) is 37.0 Å². The maximum absolute atomic E-state index is 6.19. The molecule has 106 valence electrons. The highest BCUT2D eigenvalue weighted by Gasteiger charge is 2.16. The van der Waals surface area contributed by atoms with Crippen molar-refractivity contribution in [2.24, 2.45) is 5.73 Å². The van der Waals surface area contributed by atoms with E-state index >= 15 is 0 Å². The molecule has 1 unspecified atom stereocenters. The maximum atomic E-state index is 6.19. The summed E-state index contributed by atoms with van der Waals surface area (Å²) in [4.78, 5) is 0. The molecule has 1 atom stereocenters. The first kappa shape index (κ1) is 15.4. The zero-order valence-corrected chi connectivity index (χ0v) is 11.9. The molecule has 0 heterocycles. The minimum atomic E-state index is -0.0475. The zero-order chi connectivity index (χ0) is 14.3. The Hall–Kier alpha value is -1.68. The first-order chi connectivity index (χ1) is 9.17. The van der Waals surface area contributed by atoms with Gasteiger partial charge in [-0.1, -0.05) is 6.08 Å². The Bertz CT molecular complexity index is 393. The van der Waals surface area contributed by atoms with E-state index in [9.17, 15) is 0 Å². The fraction of sp³-hybridized carbons (Fsp3) is 0.467. The van der Waals surface area contributed by atoms with Crippen molar-refractivity contribution in [3.05, 3.63) is 30.4 Å². The summed E-state index contributed by atoms with van der Waals surface area (Å²) in [7, 11) is 4.79. The van der Waals surface area contributed by atoms with Gasteiger partial charge in [-0.3, -0.25) is 0 Å². The highest BCUT2D eigenvalue weighted by atomic mass is 16.5. The number of benzene rings is 1. The lowest BCUT2D eigenvalue weighted by molar-refractivity contribution is 0.323. The van der Waals surface area contributed by atoms with E-state index in [0.29, 0.717) is 17.2 Å². The van der Waals surface area contributed by atoms with Gasteiger partial charge in [0.05, 0.1) is 21.3 Å². The summed E-state index contributed by atoms with van der Waals surface area (Å²) in [5.41, 5.74) is 7.17. The Balaban J connectivity index is 2.98. The second-order valence-corrected chi connectivity index (χ2v) is 4.28. The highest BCUT2D eigenvalue weighted by molar-refractivity contribution is 5.54. The van der Waals surface area contributed by atoms with Crippen LogP contribution < -0.4 is 19.9 Å². The largest absolute Gasteiger partial charge is 0.493 e. The van der Waals surface area contributed by atoms with Crippen LogP contribution in [0, 0.1) is 0 Å². The van der Waals surface area contributed by atoms with Crippen LogP contribution >= 0.6 is 0 Å². The number of ether oxygens (including phenoxy) is 3.